The Morgan fingerprint density at radius 2 is 2.33 bits per heavy atom. The number of fused-ring (bicyclic) bond motifs is 1. The van der Waals surface area contributed by atoms with Crippen molar-refractivity contribution >= 4 is 5.91 Å². The van der Waals surface area contributed by atoms with Crippen LogP contribution in [0.15, 0.2) is 23.2 Å². The average Bonchev–Trinajstić information content (AvgIpc) is 2.15. The predicted molar refractivity (Wildman–Crippen MR) is 55.5 cm³/mol. The van der Waals surface area contributed by atoms with Crippen molar-refractivity contribution in [3.8, 4) is 0 Å². The topological polar surface area (TPSA) is 67.6 Å². The highest BCUT2D eigenvalue weighted by Gasteiger charge is 2.29. The molecule has 2 rings (SSSR count). The number of carbonyl (C=O) groups excluding carboxylic acids is 1. The third-order valence-electron chi connectivity index (χ3n) is 2.56. The highest BCUT2D eigenvalue weighted by atomic mass is 16.5. The fraction of sp³-hybridized carbons (Fsp3) is 0.500. The van der Waals surface area contributed by atoms with E-state index in [1.54, 1.807) is 0 Å². The monoisotopic (exact) mass is 209 g/mol. The van der Waals surface area contributed by atoms with E-state index in [-0.39, 0.29) is 18.6 Å². The van der Waals surface area contributed by atoms with Gasteiger partial charge in [0.15, 0.2) is 6.61 Å². The smallest absolute Gasteiger partial charge is 0.258 e. The van der Waals surface area contributed by atoms with Gasteiger partial charge in [-0.1, -0.05) is 0 Å². The molecule has 0 saturated carbocycles. The zero-order valence-electron chi connectivity index (χ0n) is 8.91. The summed E-state index contributed by atoms with van der Waals surface area (Å²) in [7, 11) is 3.86. The van der Waals surface area contributed by atoms with E-state index in [0.717, 1.165) is 17.2 Å². The molecular weight excluding hydrogens is 194 g/mol. The first-order valence-electron chi connectivity index (χ1n) is 4.87. The molecule has 1 atom stereocenters. The van der Waals surface area contributed by atoms with Gasteiger partial charge in [0.2, 0.25) is 0 Å². The van der Waals surface area contributed by atoms with E-state index in [0.29, 0.717) is 6.42 Å². The maximum Gasteiger partial charge on any atom is 0.258 e. The van der Waals surface area contributed by atoms with Crippen LogP contribution in [0.5, 0.6) is 0 Å². The van der Waals surface area contributed by atoms with Crippen molar-refractivity contribution in [2.24, 2.45) is 5.73 Å². The van der Waals surface area contributed by atoms with Gasteiger partial charge in [-0.3, -0.25) is 4.79 Å². The van der Waals surface area contributed by atoms with Gasteiger partial charge in [-0.15, -0.1) is 0 Å². The van der Waals surface area contributed by atoms with Gasteiger partial charge in [0, 0.05) is 32.3 Å². The summed E-state index contributed by atoms with van der Waals surface area (Å²) in [6, 6.07) is -0.0880. The van der Waals surface area contributed by atoms with Crippen molar-refractivity contribution in [3.63, 3.8) is 0 Å². The second-order valence-corrected chi connectivity index (χ2v) is 3.96. The standard InChI is InChI=1S/C10H15N3O2/c1-13(2)8-4-9-7(3-6(8)11)12-10(14)5-15-9/h4,7H,3,5,11H2,1-2H3,(H,12,14). The Labute approximate surface area is 88.6 Å². The molecular formula is C10H15N3O2. The lowest BCUT2D eigenvalue weighted by molar-refractivity contribution is -0.128. The number of allylic oxidation sites excluding steroid dienone is 1. The summed E-state index contributed by atoms with van der Waals surface area (Å²) >= 11 is 0. The molecule has 2 aliphatic rings. The number of nitrogens with zero attached hydrogens (tertiary/aromatic N) is 1. The number of nitrogens with two attached hydrogens (primary N) is 1. The number of ether oxygens (including phenoxy) is 1. The zero-order valence-corrected chi connectivity index (χ0v) is 8.91. The van der Waals surface area contributed by atoms with E-state index in [9.17, 15) is 4.79 Å². The van der Waals surface area contributed by atoms with Crippen LogP contribution in [-0.2, 0) is 9.53 Å². The number of likely N-dealkylation sites (N-methyl/N-ethyl adjacent to an activating group) is 1. The number of nitrogens with one attached hydrogen (secondary N) is 1. The Bertz CT molecular complexity index is 358. The van der Waals surface area contributed by atoms with Gasteiger partial charge in [-0.2, -0.15) is 0 Å². The SMILES string of the molecule is CN(C)C1=C(N)CC2NC(=O)COC2=C1. The van der Waals surface area contributed by atoms with Gasteiger partial charge in [-0.25, -0.2) is 0 Å². The number of hydrogen-bond acceptors (Lipinski definition) is 4. The number of amides is 1. The molecule has 1 heterocycles. The molecule has 15 heavy (non-hydrogen) atoms. The van der Waals surface area contributed by atoms with Gasteiger partial charge in [0.05, 0.1) is 11.7 Å². The van der Waals surface area contributed by atoms with E-state index < -0.39 is 0 Å². The zero-order chi connectivity index (χ0) is 11.0. The number of morpholine rings is 1. The molecule has 0 aromatic heterocycles. The third kappa shape index (κ3) is 1.77. The fourth-order valence-electron chi connectivity index (χ4n) is 1.82. The van der Waals surface area contributed by atoms with E-state index in [1.807, 2.05) is 25.1 Å². The minimum Gasteiger partial charge on any atom is -0.486 e. The molecule has 0 spiro atoms. The first-order valence-corrected chi connectivity index (χ1v) is 4.87. The summed E-state index contributed by atoms with van der Waals surface area (Å²) in [5.41, 5.74) is 7.65. The van der Waals surface area contributed by atoms with Crippen LogP contribution in [0.3, 0.4) is 0 Å². The summed E-state index contributed by atoms with van der Waals surface area (Å²) in [5.74, 6) is 0.714. The molecule has 0 aromatic rings. The second-order valence-electron chi connectivity index (χ2n) is 3.96. The summed E-state index contributed by atoms with van der Waals surface area (Å²) in [4.78, 5) is 13.1. The normalized spacial score (nSPS) is 25.1. The van der Waals surface area contributed by atoms with Crippen molar-refractivity contribution < 1.29 is 9.53 Å². The molecule has 82 valence electrons. The van der Waals surface area contributed by atoms with Crippen LogP contribution in [-0.4, -0.2) is 37.6 Å². The van der Waals surface area contributed by atoms with Gasteiger partial charge in [0.25, 0.3) is 5.91 Å². The molecule has 1 aliphatic carbocycles. The van der Waals surface area contributed by atoms with Crippen LogP contribution in [0.2, 0.25) is 0 Å². The van der Waals surface area contributed by atoms with E-state index in [4.69, 9.17) is 10.5 Å². The van der Waals surface area contributed by atoms with E-state index in [1.165, 1.54) is 0 Å². The van der Waals surface area contributed by atoms with Crippen molar-refractivity contribution in [2.75, 3.05) is 20.7 Å². The van der Waals surface area contributed by atoms with Gasteiger partial charge in [-0.05, 0) is 0 Å². The lowest BCUT2D eigenvalue weighted by Gasteiger charge is -2.32. The van der Waals surface area contributed by atoms with E-state index >= 15 is 0 Å². The number of rotatable bonds is 1. The highest BCUT2D eigenvalue weighted by Crippen LogP contribution is 2.25. The summed E-state index contributed by atoms with van der Waals surface area (Å²) in [5, 5.41) is 2.84. The maximum atomic E-state index is 11.1. The molecule has 1 saturated heterocycles. The van der Waals surface area contributed by atoms with Gasteiger partial charge >= 0.3 is 0 Å². The fourth-order valence-corrected chi connectivity index (χ4v) is 1.82. The van der Waals surface area contributed by atoms with Crippen LogP contribution >= 0.6 is 0 Å². The molecule has 5 heteroatoms. The van der Waals surface area contributed by atoms with Crippen molar-refractivity contribution in [1.29, 1.82) is 0 Å². The van der Waals surface area contributed by atoms with Crippen LogP contribution in [0.1, 0.15) is 6.42 Å². The molecule has 0 aromatic carbocycles. The van der Waals surface area contributed by atoms with E-state index in [2.05, 4.69) is 5.32 Å². The largest absolute Gasteiger partial charge is 0.486 e. The molecule has 1 amide bonds. The number of carbonyl (C=O) groups is 1. The molecule has 0 bridgehead atoms. The van der Waals surface area contributed by atoms with Crippen molar-refractivity contribution in [2.45, 2.75) is 12.5 Å². The van der Waals surface area contributed by atoms with Crippen LogP contribution < -0.4 is 11.1 Å². The molecule has 0 radical (unpaired) electrons. The van der Waals surface area contributed by atoms with Crippen molar-refractivity contribution in [1.82, 2.24) is 10.2 Å². The van der Waals surface area contributed by atoms with Crippen LogP contribution in [0, 0.1) is 0 Å². The minimum absolute atomic E-state index is 0.0850. The van der Waals surface area contributed by atoms with Crippen LogP contribution in [0.4, 0.5) is 0 Å². The number of hydrogen-bond donors (Lipinski definition) is 2. The first-order chi connectivity index (χ1) is 7.08. The summed E-state index contributed by atoms with van der Waals surface area (Å²) < 4.78 is 5.36. The molecule has 1 fully saturated rings. The highest BCUT2D eigenvalue weighted by molar-refractivity contribution is 5.79. The molecule has 1 aliphatic heterocycles. The lowest BCUT2D eigenvalue weighted by atomic mass is 10.00. The first kappa shape index (κ1) is 9.89. The Hall–Kier alpha value is -1.65. The second kappa shape index (κ2) is 3.49. The molecule has 5 nitrogen and oxygen atoms in total. The van der Waals surface area contributed by atoms with Gasteiger partial charge < -0.3 is 20.7 Å². The minimum atomic E-state index is -0.0880. The molecule has 1 unspecified atom stereocenters. The quantitative estimate of drug-likeness (QED) is 0.612. The Morgan fingerprint density at radius 3 is 3.00 bits per heavy atom. The Balaban J connectivity index is 2.25. The Morgan fingerprint density at radius 1 is 1.60 bits per heavy atom. The maximum absolute atomic E-state index is 11.1. The summed E-state index contributed by atoms with van der Waals surface area (Å²) in [6.45, 7) is 0.100. The predicted octanol–water partition coefficient (Wildman–Crippen LogP) is -0.479. The lowest BCUT2D eigenvalue weighted by Crippen LogP contribution is -2.46. The van der Waals surface area contributed by atoms with Gasteiger partial charge in [0.1, 0.15) is 5.76 Å². The van der Waals surface area contributed by atoms with Crippen LogP contribution in [0.25, 0.3) is 0 Å². The summed E-state index contributed by atoms with van der Waals surface area (Å²) in [6.07, 6.45) is 2.51. The molecule has 3 N–H and O–H groups in total. The van der Waals surface area contributed by atoms with Crippen molar-refractivity contribution in [3.05, 3.63) is 23.2 Å². The third-order valence-corrected chi connectivity index (χ3v) is 2.56. The average molecular weight is 209 g/mol. The Kier molecular flexibility index (Phi) is 2.30.